The molecule has 0 bridgehead atoms. The average Bonchev–Trinajstić information content (AvgIpc) is 2.79. The van der Waals surface area contributed by atoms with Crippen LogP contribution in [0.4, 0.5) is 5.69 Å². The number of benzene rings is 1. The van der Waals surface area contributed by atoms with Crippen LogP contribution in [0.5, 0.6) is 0 Å². The first-order chi connectivity index (χ1) is 8.31. The summed E-state index contributed by atoms with van der Waals surface area (Å²) in [6, 6.07) is 8.15. The van der Waals surface area contributed by atoms with Gasteiger partial charge in [0.2, 0.25) is 0 Å². The zero-order valence-electron chi connectivity index (χ0n) is 9.86. The van der Waals surface area contributed by atoms with Gasteiger partial charge in [0.25, 0.3) is 0 Å². The first-order valence-corrected chi connectivity index (χ1v) is 6.59. The van der Waals surface area contributed by atoms with Crippen LogP contribution in [0, 0.1) is 0 Å². The Labute approximate surface area is 110 Å². The molecule has 2 aromatic rings. The predicted octanol–water partition coefficient (Wildman–Crippen LogP) is 3.32. The largest absolute Gasteiger partial charge is 0.382 e. The third-order valence-corrected chi connectivity index (χ3v) is 3.35. The molecule has 4 heteroatoms. The van der Waals surface area contributed by atoms with Gasteiger partial charge in [0.1, 0.15) is 5.82 Å². The molecule has 0 aliphatic heterocycles. The average molecular weight is 294 g/mol. The molecule has 0 aliphatic carbocycles. The van der Waals surface area contributed by atoms with E-state index in [1.54, 1.807) is 0 Å². The molecule has 1 heterocycles. The summed E-state index contributed by atoms with van der Waals surface area (Å²) in [5.74, 6) is 1.14. The van der Waals surface area contributed by atoms with Crippen LogP contribution in [0.3, 0.4) is 0 Å². The summed E-state index contributed by atoms with van der Waals surface area (Å²) in [7, 11) is 0. The summed E-state index contributed by atoms with van der Waals surface area (Å²) in [6.07, 6.45) is 4.86. The second kappa shape index (κ2) is 5.87. The van der Waals surface area contributed by atoms with E-state index in [1.807, 2.05) is 30.6 Å². The highest BCUT2D eigenvalue weighted by molar-refractivity contribution is 9.10. The van der Waals surface area contributed by atoms with Crippen molar-refractivity contribution in [3.63, 3.8) is 0 Å². The highest BCUT2D eigenvalue weighted by Gasteiger charge is 2.00. The Morgan fingerprint density at radius 3 is 2.94 bits per heavy atom. The fourth-order valence-electron chi connectivity index (χ4n) is 1.77. The molecule has 0 amide bonds. The number of nitrogens with one attached hydrogen (secondary N) is 1. The van der Waals surface area contributed by atoms with Gasteiger partial charge < -0.3 is 9.88 Å². The molecule has 0 saturated carbocycles. The van der Waals surface area contributed by atoms with Gasteiger partial charge in [0, 0.05) is 42.1 Å². The monoisotopic (exact) mass is 293 g/mol. The van der Waals surface area contributed by atoms with Crippen molar-refractivity contribution in [3.8, 4) is 0 Å². The lowest BCUT2D eigenvalue weighted by atomic mass is 10.3. The molecular weight excluding hydrogens is 278 g/mol. The third-order valence-electron chi connectivity index (χ3n) is 2.66. The zero-order valence-corrected chi connectivity index (χ0v) is 11.4. The summed E-state index contributed by atoms with van der Waals surface area (Å²) in [4.78, 5) is 4.30. The Balaban J connectivity index is 1.90. The van der Waals surface area contributed by atoms with E-state index in [2.05, 4.69) is 43.8 Å². The number of nitrogens with zero attached hydrogens (tertiary/aromatic N) is 2. The minimum Gasteiger partial charge on any atom is -0.382 e. The molecule has 0 spiro atoms. The number of halogens is 1. The van der Waals surface area contributed by atoms with Gasteiger partial charge in [0.05, 0.1) is 0 Å². The molecule has 1 N–H and O–H groups in total. The van der Waals surface area contributed by atoms with Crippen molar-refractivity contribution in [2.24, 2.45) is 0 Å². The number of para-hydroxylation sites is 1. The Bertz CT molecular complexity index is 479. The number of imidazole rings is 1. The SMILES string of the molecule is CCc1nccn1CCNc1ccccc1Br. The highest BCUT2D eigenvalue weighted by atomic mass is 79.9. The molecular formula is C13H16BrN3. The van der Waals surface area contributed by atoms with Crippen molar-refractivity contribution in [2.45, 2.75) is 19.9 Å². The minimum atomic E-state index is 0.895. The van der Waals surface area contributed by atoms with Crippen molar-refractivity contribution in [3.05, 3.63) is 47.0 Å². The molecule has 90 valence electrons. The Morgan fingerprint density at radius 1 is 1.35 bits per heavy atom. The quantitative estimate of drug-likeness (QED) is 0.916. The minimum absolute atomic E-state index is 0.895. The highest BCUT2D eigenvalue weighted by Crippen LogP contribution is 2.20. The van der Waals surface area contributed by atoms with Gasteiger partial charge in [0.15, 0.2) is 0 Å². The molecule has 0 aliphatic rings. The van der Waals surface area contributed by atoms with E-state index in [4.69, 9.17) is 0 Å². The van der Waals surface area contributed by atoms with Crippen LogP contribution in [0.2, 0.25) is 0 Å². The first-order valence-electron chi connectivity index (χ1n) is 5.79. The second-order valence-electron chi connectivity index (χ2n) is 3.80. The fraction of sp³-hybridized carbons (Fsp3) is 0.308. The van der Waals surface area contributed by atoms with Gasteiger partial charge in [-0.3, -0.25) is 0 Å². The van der Waals surface area contributed by atoms with E-state index in [-0.39, 0.29) is 0 Å². The number of hydrogen-bond acceptors (Lipinski definition) is 2. The van der Waals surface area contributed by atoms with Crippen LogP contribution in [-0.2, 0) is 13.0 Å². The standard InChI is InChI=1S/C13H16BrN3/c1-2-13-16-8-10-17(13)9-7-15-12-6-4-3-5-11(12)14/h3-6,8,10,15H,2,7,9H2,1H3. The number of hydrogen-bond donors (Lipinski definition) is 1. The second-order valence-corrected chi connectivity index (χ2v) is 4.65. The van der Waals surface area contributed by atoms with E-state index >= 15 is 0 Å². The van der Waals surface area contributed by atoms with E-state index in [0.29, 0.717) is 0 Å². The lowest BCUT2D eigenvalue weighted by Gasteiger charge is -2.10. The van der Waals surface area contributed by atoms with Crippen molar-refractivity contribution in [1.82, 2.24) is 9.55 Å². The van der Waals surface area contributed by atoms with Gasteiger partial charge in [-0.2, -0.15) is 0 Å². The maximum Gasteiger partial charge on any atom is 0.108 e. The van der Waals surface area contributed by atoms with Crippen molar-refractivity contribution in [2.75, 3.05) is 11.9 Å². The molecule has 0 atom stereocenters. The summed E-state index contributed by atoms with van der Waals surface area (Å²) in [6.45, 7) is 3.95. The van der Waals surface area contributed by atoms with Crippen LogP contribution in [-0.4, -0.2) is 16.1 Å². The summed E-state index contributed by atoms with van der Waals surface area (Å²) < 4.78 is 3.28. The zero-order chi connectivity index (χ0) is 12.1. The van der Waals surface area contributed by atoms with Crippen LogP contribution < -0.4 is 5.32 Å². The molecule has 0 fully saturated rings. The van der Waals surface area contributed by atoms with Gasteiger partial charge in [-0.25, -0.2) is 4.98 Å². The van der Waals surface area contributed by atoms with Crippen molar-refractivity contribution >= 4 is 21.6 Å². The molecule has 0 radical (unpaired) electrons. The lowest BCUT2D eigenvalue weighted by molar-refractivity contribution is 0.680. The van der Waals surface area contributed by atoms with Crippen molar-refractivity contribution < 1.29 is 0 Å². The normalized spacial score (nSPS) is 10.5. The smallest absolute Gasteiger partial charge is 0.108 e. The molecule has 2 rings (SSSR count). The van der Waals surface area contributed by atoms with Crippen LogP contribution >= 0.6 is 15.9 Å². The summed E-state index contributed by atoms with van der Waals surface area (Å²) in [5, 5.41) is 3.41. The fourth-order valence-corrected chi connectivity index (χ4v) is 2.20. The van der Waals surface area contributed by atoms with Crippen molar-refractivity contribution in [1.29, 1.82) is 0 Å². The van der Waals surface area contributed by atoms with Gasteiger partial charge in [-0.1, -0.05) is 19.1 Å². The first kappa shape index (κ1) is 12.2. The summed E-state index contributed by atoms with van der Waals surface area (Å²) in [5.41, 5.74) is 1.13. The summed E-state index contributed by atoms with van der Waals surface area (Å²) >= 11 is 3.52. The number of aryl methyl sites for hydroxylation is 1. The predicted molar refractivity (Wildman–Crippen MR) is 74.2 cm³/mol. The molecule has 1 aromatic carbocycles. The number of rotatable bonds is 5. The number of aromatic nitrogens is 2. The molecule has 3 nitrogen and oxygen atoms in total. The van der Waals surface area contributed by atoms with Gasteiger partial charge in [-0.05, 0) is 28.1 Å². The van der Waals surface area contributed by atoms with E-state index in [9.17, 15) is 0 Å². The van der Waals surface area contributed by atoms with Crippen LogP contribution in [0.15, 0.2) is 41.1 Å². The topological polar surface area (TPSA) is 29.9 Å². The van der Waals surface area contributed by atoms with E-state index in [1.165, 1.54) is 0 Å². The molecule has 1 aromatic heterocycles. The maximum atomic E-state index is 4.30. The Morgan fingerprint density at radius 2 is 2.18 bits per heavy atom. The lowest BCUT2D eigenvalue weighted by Crippen LogP contribution is -2.12. The van der Waals surface area contributed by atoms with Crippen LogP contribution in [0.25, 0.3) is 0 Å². The molecule has 0 saturated heterocycles. The van der Waals surface area contributed by atoms with E-state index < -0.39 is 0 Å². The van der Waals surface area contributed by atoms with Gasteiger partial charge in [-0.15, -0.1) is 0 Å². The molecule has 17 heavy (non-hydrogen) atoms. The number of anilines is 1. The van der Waals surface area contributed by atoms with E-state index in [0.717, 1.165) is 35.5 Å². The van der Waals surface area contributed by atoms with Gasteiger partial charge >= 0.3 is 0 Å². The Kier molecular flexibility index (Phi) is 4.20. The molecule has 0 unspecified atom stereocenters. The Hall–Kier alpha value is -1.29. The third kappa shape index (κ3) is 3.09. The maximum absolute atomic E-state index is 4.30. The van der Waals surface area contributed by atoms with Crippen LogP contribution in [0.1, 0.15) is 12.7 Å².